The first-order chi connectivity index (χ1) is 8.19. The Morgan fingerprint density at radius 1 is 1.41 bits per heavy atom. The molecular weight excluding hydrogens is 216 g/mol. The second-order valence-corrected chi connectivity index (χ2v) is 3.79. The van der Waals surface area contributed by atoms with Crippen molar-refractivity contribution in [2.45, 2.75) is 26.5 Å². The highest BCUT2D eigenvalue weighted by atomic mass is 16.5. The molecule has 0 aliphatic heterocycles. The molecule has 94 valence electrons. The maximum atomic E-state index is 11.6. The third-order valence-electron chi connectivity index (χ3n) is 2.36. The van der Waals surface area contributed by atoms with Crippen LogP contribution in [-0.2, 0) is 11.3 Å². The molecule has 0 heterocycles. The minimum absolute atomic E-state index is 0.0910. The number of ether oxygens (including phenoxy) is 1. The molecule has 4 nitrogen and oxygen atoms in total. The van der Waals surface area contributed by atoms with E-state index in [1.807, 2.05) is 38.2 Å². The van der Waals surface area contributed by atoms with Crippen LogP contribution in [0.5, 0.6) is 5.75 Å². The molecule has 0 radical (unpaired) electrons. The Hall–Kier alpha value is -1.55. The average molecular weight is 236 g/mol. The molecule has 0 aliphatic rings. The van der Waals surface area contributed by atoms with Crippen LogP contribution in [0.4, 0.5) is 0 Å². The highest BCUT2D eigenvalue weighted by Gasteiger charge is 2.14. The van der Waals surface area contributed by atoms with Gasteiger partial charge >= 0.3 is 0 Å². The van der Waals surface area contributed by atoms with E-state index in [1.165, 1.54) is 0 Å². The van der Waals surface area contributed by atoms with Gasteiger partial charge in [0.25, 0.3) is 5.91 Å². The molecule has 1 amide bonds. The molecule has 4 heteroatoms. The zero-order valence-corrected chi connectivity index (χ0v) is 10.6. The zero-order chi connectivity index (χ0) is 12.7. The molecule has 0 aromatic heterocycles. The highest BCUT2D eigenvalue weighted by molar-refractivity contribution is 5.80. The number of amides is 1. The number of carbonyl (C=O) groups excluding carboxylic acids is 1. The Kier molecular flexibility index (Phi) is 5.49. The number of carbonyl (C=O) groups is 1. The van der Waals surface area contributed by atoms with E-state index in [2.05, 4.69) is 10.6 Å². The van der Waals surface area contributed by atoms with Gasteiger partial charge in [-0.05, 0) is 27.0 Å². The number of rotatable bonds is 6. The topological polar surface area (TPSA) is 50.4 Å². The number of hydrogen-bond acceptors (Lipinski definition) is 3. The van der Waals surface area contributed by atoms with Crippen molar-refractivity contribution < 1.29 is 9.53 Å². The van der Waals surface area contributed by atoms with Gasteiger partial charge in [0.05, 0.1) is 0 Å². The summed E-state index contributed by atoms with van der Waals surface area (Å²) in [5.41, 5.74) is 1.05. The van der Waals surface area contributed by atoms with Crippen LogP contribution in [0.25, 0.3) is 0 Å². The van der Waals surface area contributed by atoms with Crippen LogP contribution in [0.3, 0.4) is 0 Å². The fourth-order valence-corrected chi connectivity index (χ4v) is 1.52. The van der Waals surface area contributed by atoms with E-state index in [4.69, 9.17) is 4.74 Å². The molecule has 17 heavy (non-hydrogen) atoms. The third-order valence-corrected chi connectivity index (χ3v) is 2.36. The molecule has 1 rings (SSSR count). The molecule has 2 N–H and O–H groups in total. The van der Waals surface area contributed by atoms with Crippen molar-refractivity contribution in [3.05, 3.63) is 29.8 Å². The standard InChI is InChI=1S/C13H20N2O2/c1-4-15-13(16)10(2)17-12-8-6-5-7-11(12)9-14-3/h5-8,10,14H,4,9H2,1-3H3,(H,15,16). The summed E-state index contributed by atoms with van der Waals surface area (Å²) in [4.78, 5) is 11.6. The summed E-state index contributed by atoms with van der Waals surface area (Å²) < 4.78 is 5.66. The van der Waals surface area contributed by atoms with Crippen LogP contribution < -0.4 is 15.4 Å². The summed E-state index contributed by atoms with van der Waals surface area (Å²) in [7, 11) is 1.88. The summed E-state index contributed by atoms with van der Waals surface area (Å²) in [6.45, 7) is 4.98. The maximum absolute atomic E-state index is 11.6. The van der Waals surface area contributed by atoms with Gasteiger partial charge in [0, 0.05) is 18.7 Å². The minimum atomic E-state index is -0.479. The van der Waals surface area contributed by atoms with Crippen LogP contribution in [-0.4, -0.2) is 25.6 Å². The second kappa shape index (κ2) is 6.91. The molecule has 0 aliphatic carbocycles. The molecule has 0 spiro atoms. The predicted octanol–water partition coefficient (Wildman–Crippen LogP) is 1.31. The van der Waals surface area contributed by atoms with Crippen molar-refractivity contribution in [1.29, 1.82) is 0 Å². The largest absolute Gasteiger partial charge is 0.481 e. The van der Waals surface area contributed by atoms with Crippen LogP contribution in [0.1, 0.15) is 19.4 Å². The van der Waals surface area contributed by atoms with Gasteiger partial charge in [-0.25, -0.2) is 0 Å². The van der Waals surface area contributed by atoms with E-state index < -0.39 is 6.10 Å². The van der Waals surface area contributed by atoms with Crippen molar-refractivity contribution in [2.24, 2.45) is 0 Å². The van der Waals surface area contributed by atoms with E-state index in [-0.39, 0.29) is 5.91 Å². The normalized spacial score (nSPS) is 11.9. The van der Waals surface area contributed by atoms with Gasteiger partial charge in [-0.2, -0.15) is 0 Å². The number of hydrogen-bond donors (Lipinski definition) is 2. The lowest BCUT2D eigenvalue weighted by Gasteiger charge is -2.16. The number of likely N-dealkylation sites (N-methyl/N-ethyl adjacent to an activating group) is 1. The summed E-state index contributed by atoms with van der Waals surface area (Å²) >= 11 is 0. The second-order valence-electron chi connectivity index (χ2n) is 3.79. The Morgan fingerprint density at radius 3 is 2.76 bits per heavy atom. The van der Waals surface area contributed by atoms with E-state index >= 15 is 0 Å². The molecule has 0 fully saturated rings. The first-order valence-electron chi connectivity index (χ1n) is 5.86. The molecular formula is C13H20N2O2. The van der Waals surface area contributed by atoms with Gasteiger partial charge in [-0.3, -0.25) is 4.79 Å². The quantitative estimate of drug-likeness (QED) is 0.783. The molecule has 1 aromatic rings. The summed E-state index contributed by atoms with van der Waals surface area (Å²) in [5.74, 6) is 0.660. The van der Waals surface area contributed by atoms with Crippen molar-refractivity contribution in [3.8, 4) is 5.75 Å². The lowest BCUT2D eigenvalue weighted by atomic mass is 10.2. The maximum Gasteiger partial charge on any atom is 0.260 e. The van der Waals surface area contributed by atoms with Crippen molar-refractivity contribution in [2.75, 3.05) is 13.6 Å². The third kappa shape index (κ3) is 4.07. The monoisotopic (exact) mass is 236 g/mol. The fourth-order valence-electron chi connectivity index (χ4n) is 1.52. The summed E-state index contributed by atoms with van der Waals surface area (Å²) in [6, 6.07) is 7.72. The Bertz CT molecular complexity index is 366. The van der Waals surface area contributed by atoms with Crippen LogP contribution >= 0.6 is 0 Å². The van der Waals surface area contributed by atoms with Gasteiger partial charge in [-0.15, -0.1) is 0 Å². The Morgan fingerprint density at radius 2 is 2.12 bits per heavy atom. The Labute approximate surface area is 102 Å². The van der Waals surface area contributed by atoms with Crippen LogP contribution in [0, 0.1) is 0 Å². The van der Waals surface area contributed by atoms with E-state index in [1.54, 1.807) is 6.92 Å². The van der Waals surface area contributed by atoms with Gasteiger partial charge in [0.1, 0.15) is 5.75 Å². The minimum Gasteiger partial charge on any atom is -0.481 e. The smallest absolute Gasteiger partial charge is 0.260 e. The van der Waals surface area contributed by atoms with E-state index in [0.29, 0.717) is 6.54 Å². The average Bonchev–Trinajstić information content (AvgIpc) is 2.32. The fraction of sp³-hybridized carbons (Fsp3) is 0.462. The molecule has 1 aromatic carbocycles. The van der Waals surface area contributed by atoms with Crippen molar-refractivity contribution >= 4 is 5.91 Å². The predicted molar refractivity (Wildman–Crippen MR) is 68.0 cm³/mol. The molecule has 1 atom stereocenters. The zero-order valence-electron chi connectivity index (χ0n) is 10.6. The van der Waals surface area contributed by atoms with Gasteiger partial charge < -0.3 is 15.4 Å². The lowest BCUT2D eigenvalue weighted by molar-refractivity contribution is -0.127. The van der Waals surface area contributed by atoms with Gasteiger partial charge in [0.15, 0.2) is 6.10 Å². The SMILES string of the molecule is CCNC(=O)C(C)Oc1ccccc1CNC. The van der Waals surface area contributed by atoms with Gasteiger partial charge in [0.2, 0.25) is 0 Å². The molecule has 0 saturated heterocycles. The summed E-state index contributed by atoms with van der Waals surface area (Å²) in [5, 5.41) is 5.81. The van der Waals surface area contributed by atoms with E-state index in [0.717, 1.165) is 17.9 Å². The van der Waals surface area contributed by atoms with Crippen molar-refractivity contribution in [1.82, 2.24) is 10.6 Å². The lowest BCUT2D eigenvalue weighted by Crippen LogP contribution is -2.36. The first-order valence-corrected chi connectivity index (χ1v) is 5.86. The van der Waals surface area contributed by atoms with Gasteiger partial charge in [-0.1, -0.05) is 18.2 Å². The van der Waals surface area contributed by atoms with Crippen LogP contribution in [0.15, 0.2) is 24.3 Å². The van der Waals surface area contributed by atoms with Crippen LogP contribution in [0.2, 0.25) is 0 Å². The van der Waals surface area contributed by atoms with E-state index in [9.17, 15) is 4.79 Å². The number of para-hydroxylation sites is 1. The molecule has 0 bridgehead atoms. The van der Waals surface area contributed by atoms with Crippen molar-refractivity contribution in [3.63, 3.8) is 0 Å². The molecule has 0 saturated carbocycles. The highest BCUT2D eigenvalue weighted by Crippen LogP contribution is 2.19. The molecule has 1 unspecified atom stereocenters. The Balaban J connectivity index is 2.70. The number of nitrogens with one attached hydrogen (secondary N) is 2. The number of benzene rings is 1. The summed E-state index contributed by atoms with van der Waals surface area (Å²) in [6.07, 6.45) is -0.479. The first kappa shape index (κ1) is 13.5.